The van der Waals surface area contributed by atoms with Gasteiger partial charge in [0.25, 0.3) is 0 Å². The summed E-state index contributed by atoms with van der Waals surface area (Å²) in [5.74, 6) is -0.184. The van der Waals surface area contributed by atoms with Crippen LogP contribution in [0.3, 0.4) is 0 Å². The molecule has 212 valence electrons. The highest BCUT2D eigenvalue weighted by Gasteiger charge is 2.23. The topological polar surface area (TPSA) is 103 Å². The second kappa shape index (κ2) is 11.9. The van der Waals surface area contributed by atoms with Crippen LogP contribution in [0.2, 0.25) is 0 Å². The van der Waals surface area contributed by atoms with Crippen molar-refractivity contribution >= 4 is 34.3 Å². The Bertz CT molecular complexity index is 1790. The number of allylic oxidation sites excluding steroid dienone is 3. The Kier molecular flexibility index (Phi) is 7.74. The molecule has 1 aliphatic heterocycles. The SMILES string of the molecule is C/C(=C\C=C/c1ccc(-c2[nH]nc3ncc(-c4cncc(NC(=O)C5CCN(C)CC5)c4)cc23)[nH]1)c1cccc(F)c1. The van der Waals surface area contributed by atoms with Crippen LogP contribution in [0.1, 0.15) is 31.0 Å². The summed E-state index contributed by atoms with van der Waals surface area (Å²) in [6.07, 6.45) is 12.8. The fourth-order valence-electron chi connectivity index (χ4n) is 5.23. The second-order valence-electron chi connectivity index (χ2n) is 10.8. The first-order valence-electron chi connectivity index (χ1n) is 14.0. The summed E-state index contributed by atoms with van der Waals surface area (Å²) in [6.45, 7) is 3.82. The summed E-state index contributed by atoms with van der Waals surface area (Å²) in [5.41, 5.74) is 7.43. The molecule has 5 aromatic rings. The van der Waals surface area contributed by atoms with Gasteiger partial charge in [-0.15, -0.1) is 0 Å². The predicted octanol–water partition coefficient (Wildman–Crippen LogP) is 6.55. The molecular formula is C33H32FN7O. The number of benzene rings is 1. The number of fused-ring (bicyclic) bond motifs is 1. The molecule has 3 N–H and O–H groups in total. The first-order chi connectivity index (χ1) is 20.4. The third-order valence-corrected chi connectivity index (χ3v) is 7.72. The standard InChI is InChI=1S/C33H32FN7O/c1-21(23-6-4-7-26(34)15-23)5-3-8-27-9-10-30(37-27)31-29-17-25(19-36-32(29)40-39-31)24-16-28(20-35-18-24)38-33(42)22-11-13-41(2)14-12-22/h3-10,15-20,22,37H,11-14H2,1-2H3,(H,38,42)(H,36,39,40)/b8-3-,21-5+. The third-order valence-electron chi connectivity index (χ3n) is 7.72. The van der Waals surface area contributed by atoms with E-state index < -0.39 is 0 Å². The molecule has 1 aromatic carbocycles. The summed E-state index contributed by atoms with van der Waals surface area (Å²) >= 11 is 0. The number of nitrogens with zero attached hydrogens (tertiary/aromatic N) is 4. The predicted molar refractivity (Wildman–Crippen MR) is 165 cm³/mol. The Balaban J connectivity index is 1.19. The fraction of sp³-hybridized carbons (Fsp3) is 0.212. The van der Waals surface area contributed by atoms with E-state index in [1.165, 1.54) is 12.1 Å². The summed E-state index contributed by atoms with van der Waals surface area (Å²) in [5, 5.41) is 11.4. The van der Waals surface area contributed by atoms with Crippen molar-refractivity contribution < 1.29 is 9.18 Å². The van der Waals surface area contributed by atoms with E-state index in [2.05, 4.69) is 42.4 Å². The number of hydrogen-bond acceptors (Lipinski definition) is 5. The van der Waals surface area contributed by atoms with Gasteiger partial charge in [0.1, 0.15) is 5.82 Å². The average molecular weight is 562 g/mol. The molecule has 9 heteroatoms. The van der Waals surface area contributed by atoms with Crippen molar-refractivity contribution in [3.63, 3.8) is 0 Å². The number of hydrogen-bond donors (Lipinski definition) is 3. The molecule has 0 radical (unpaired) electrons. The number of amides is 1. The van der Waals surface area contributed by atoms with Crippen LogP contribution < -0.4 is 5.32 Å². The molecule has 1 saturated heterocycles. The van der Waals surface area contributed by atoms with Gasteiger partial charge in [0.05, 0.1) is 23.3 Å². The van der Waals surface area contributed by atoms with Gasteiger partial charge in [0.15, 0.2) is 5.65 Å². The van der Waals surface area contributed by atoms with Crippen LogP contribution in [-0.4, -0.2) is 56.1 Å². The van der Waals surface area contributed by atoms with E-state index in [1.54, 1.807) is 24.7 Å². The Hall–Kier alpha value is -4.89. The maximum Gasteiger partial charge on any atom is 0.227 e. The molecule has 1 fully saturated rings. The zero-order valence-corrected chi connectivity index (χ0v) is 23.6. The number of likely N-dealkylation sites (tertiary alicyclic amines) is 1. The van der Waals surface area contributed by atoms with Crippen molar-refractivity contribution in [2.45, 2.75) is 19.8 Å². The number of carbonyl (C=O) groups is 1. The van der Waals surface area contributed by atoms with Gasteiger partial charge in [0, 0.05) is 40.5 Å². The number of H-pyrrole nitrogens is 2. The number of carbonyl (C=O) groups excluding carboxylic acids is 1. The molecule has 1 amide bonds. The fourth-order valence-corrected chi connectivity index (χ4v) is 5.23. The van der Waals surface area contributed by atoms with Gasteiger partial charge in [-0.25, -0.2) is 9.37 Å². The maximum atomic E-state index is 13.5. The van der Waals surface area contributed by atoms with Gasteiger partial charge < -0.3 is 15.2 Å². The van der Waals surface area contributed by atoms with Gasteiger partial charge >= 0.3 is 0 Å². The summed E-state index contributed by atoms with van der Waals surface area (Å²) in [4.78, 5) is 27.4. The second-order valence-corrected chi connectivity index (χ2v) is 10.8. The first kappa shape index (κ1) is 27.3. The van der Waals surface area contributed by atoms with Crippen molar-refractivity contribution in [1.29, 1.82) is 0 Å². The highest BCUT2D eigenvalue weighted by molar-refractivity contribution is 5.94. The minimum atomic E-state index is -0.249. The van der Waals surface area contributed by atoms with Gasteiger partial charge in [-0.2, -0.15) is 5.10 Å². The van der Waals surface area contributed by atoms with Crippen molar-refractivity contribution in [1.82, 2.24) is 30.0 Å². The van der Waals surface area contributed by atoms with Crippen molar-refractivity contribution in [3.8, 4) is 22.5 Å². The van der Waals surface area contributed by atoms with Crippen molar-refractivity contribution in [3.05, 3.63) is 96.3 Å². The van der Waals surface area contributed by atoms with E-state index >= 15 is 0 Å². The zero-order valence-electron chi connectivity index (χ0n) is 23.6. The minimum absolute atomic E-state index is 0.0189. The molecule has 4 aromatic heterocycles. The van der Waals surface area contributed by atoms with Crippen LogP contribution in [0.15, 0.2) is 79.3 Å². The number of piperidine rings is 1. The first-order valence-corrected chi connectivity index (χ1v) is 14.0. The molecule has 0 spiro atoms. The zero-order chi connectivity index (χ0) is 29.1. The number of pyridine rings is 2. The van der Waals surface area contributed by atoms with Crippen LogP contribution in [0.25, 0.3) is 45.2 Å². The number of rotatable bonds is 7. The monoisotopic (exact) mass is 561 g/mol. The number of aromatic amines is 2. The van der Waals surface area contributed by atoms with Crippen LogP contribution in [0.4, 0.5) is 10.1 Å². The molecule has 0 bridgehead atoms. The van der Waals surface area contributed by atoms with Crippen LogP contribution in [0, 0.1) is 11.7 Å². The molecule has 0 aliphatic carbocycles. The van der Waals surface area contributed by atoms with E-state index in [0.717, 1.165) is 70.7 Å². The molecule has 5 heterocycles. The van der Waals surface area contributed by atoms with Crippen LogP contribution in [-0.2, 0) is 4.79 Å². The van der Waals surface area contributed by atoms with E-state index in [1.807, 2.05) is 55.5 Å². The molecular weight excluding hydrogens is 529 g/mol. The summed E-state index contributed by atoms with van der Waals surface area (Å²) in [7, 11) is 2.08. The van der Waals surface area contributed by atoms with Crippen LogP contribution in [0.5, 0.6) is 0 Å². The lowest BCUT2D eigenvalue weighted by atomic mass is 9.96. The van der Waals surface area contributed by atoms with Gasteiger partial charge in [-0.1, -0.05) is 24.3 Å². The quantitative estimate of drug-likeness (QED) is 0.196. The van der Waals surface area contributed by atoms with Gasteiger partial charge in [-0.3, -0.25) is 14.9 Å². The lowest BCUT2D eigenvalue weighted by Gasteiger charge is -2.28. The normalized spacial score (nSPS) is 15.1. The highest BCUT2D eigenvalue weighted by atomic mass is 19.1. The minimum Gasteiger partial charge on any atom is -0.354 e. The Morgan fingerprint density at radius 3 is 2.74 bits per heavy atom. The summed E-state index contributed by atoms with van der Waals surface area (Å²) in [6, 6.07) is 14.5. The molecule has 0 saturated carbocycles. The lowest BCUT2D eigenvalue weighted by molar-refractivity contribution is -0.121. The van der Waals surface area contributed by atoms with E-state index in [-0.39, 0.29) is 17.6 Å². The molecule has 8 nitrogen and oxygen atoms in total. The molecule has 6 rings (SSSR count). The molecule has 42 heavy (non-hydrogen) atoms. The van der Waals surface area contributed by atoms with Crippen molar-refractivity contribution in [2.75, 3.05) is 25.5 Å². The lowest BCUT2D eigenvalue weighted by Crippen LogP contribution is -2.35. The number of halogens is 1. The van der Waals surface area contributed by atoms with Crippen LogP contribution >= 0.6 is 0 Å². The number of aromatic nitrogens is 5. The van der Waals surface area contributed by atoms with Gasteiger partial charge in [0.2, 0.25) is 5.91 Å². The maximum absolute atomic E-state index is 13.5. The Morgan fingerprint density at radius 1 is 1.07 bits per heavy atom. The van der Waals surface area contributed by atoms with E-state index in [9.17, 15) is 9.18 Å². The molecule has 0 atom stereocenters. The summed E-state index contributed by atoms with van der Waals surface area (Å²) < 4.78 is 13.5. The average Bonchev–Trinajstić information content (AvgIpc) is 3.64. The smallest absolute Gasteiger partial charge is 0.227 e. The largest absolute Gasteiger partial charge is 0.354 e. The Morgan fingerprint density at radius 2 is 1.90 bits per heavy atom. The Labute approximate surface area is 243 Å². The number of anilines is 1. The highest BCUT2D eigenvalue weighted by Crippen LogP contribution is 2.30. The van der Waals surface area contributed by atoms with E-state index in [0.29, 0.717) is 11.3 Å². The van der Waals surface area contributed by atoms with Gasteiger partial charge in [-0.05, 0) is 93.5 Å². The van der Waals surface area contributed by atoms with Crippen molar-refractivity contribution in [2.24, 2.45) is 5.92 Å². The third kappa shape index (κ3) is 6.06. The van der Waals surface area contributed by atoms with E-state index in [4.69, 9.17) is 0 Å². The number of nitrogens with one attached hydrogen (secondary N) is 3. The molecule has 1 aliphatic rings. The molecule has 0 unspecified atom stereocenters.